The third-order valence-electron chi connectivity index (χ3n) is 4.60. The minimum absolute atomic E-state index is 0.0693. The molecule has 0 bridgehead atoms. The molecule has 0 radical (unpaired) electrons. The lowest BCUT2D eigenvalue weighted by Crippen LogP contribution is -2.43. The van der Waals surface area contributed by atoms with Crippen molar-refractivity contribution >= 4 is 35.1 Å². The molecule has 2 aromatic carbocycles. The van der Waals surface area contributed by atoms with Gasteiger partial charge in [-0.3, -0.25) is 24.6 Å². The molecule has 1 heterocycles. The van der Waals surface area contributed by atoms with Crippen molar-refractivity contribution in [1.82, 2.24) is 4.90 Å². The minimum Gasteiger partial charge on any atom is -0.448 e. The monoisotopic (exact) mass is 434 g/mol. The summed E-state index contributed by atoms with van der Waals surface area (Å²) < 4.78 is 18.4. The van der Waals surface area contributed by atoms with Crippen molar-refractivity contribution in [3.8, 4) is 0 Å². The molecule has 0 aromatic heterocycles. The van der Waals surface area contributed by atoms with E-state index in [1.54, 1.807) is 0 Å². The van der Waals surface area contributed by atoms with Crippen LogP contribution in [-0.2, 0) is 9.53 Å². The third-order valence-corrected chi connectivity index (χ3v) is 4.84. The standard InChI is InChI=1S/C20H16ClFN2O6/c21-13-6-9-15(16(11-13)24(28)29)20(27)30-17-3-1-2-10-23(19(17)26)18(25)12-4-7-14(22)8-5-12/h4-9,11,17H,1-3,10H2. The first-order valence-corrected chi connectivity index (χ1v) is 9.42. The number of nitro groups is 1. The second-order valence-electron chi connectivity index (χ2n) is 6.61. The maximum atomic E-state index is 13.1. The van der Waals surface area contributed by atoms with Gasteiger partial charge in [0.2, 0.25) is 0 Å². The summed E-state index contributed by atoms with van der Waals surface area (Å²) >= 11 is 5.75. The average molecular weight is 435 g/mol. The van der Waals surface area contributed by atoms with Gasteiger partial charge in [0.25, 0.3) is 17.5 Å². The fourth-order valence-corrected chi connectivity index (χ4v) is 3.25. The number of benzene rings is 2. The molecule has 0 saturated carbocycles. The molecule has 3 rings (SSSR count). The predicted molar refractivity (Wildman–Crippen MR) is 104 cm³/mol. The maximum absolute atomic E-state index is 13.1. The highest BCUT2D eigenvalue weighted by Gasteiger charge is 2.35. The normalized spacial score (nSPS) is 16.7. The largest absolute Gasteiger partial charge is 0.448 e. The van der Waals surface area contributed by atoms with Gasteiger partial charge < -0.3 is 4.74 Å². The summed E-state index contributed by atoms with van der Waals surface area (Å²) in [5.74, 6) is -2.95. The summed E-state index contributed by atoms with van der Waals surface area (Å²) in [5, 5.41) is 11.3. The van der Waals surface area contributed by atoms with E-state index in [1.165, 1.54) is 18.2 Å². The van der Waals surface area contributed by atoms with Gasteiger partial charge >= 0.3 is 5.97 Å². The number of ether oxygens (including phenoxy) is 1. The lowest BCUT2D eigenvalue weighted by Gasteiger charge is -2.22. The number of nitrogens with zero attached hydrogens (tertiary/aromatic N) is 2. The Bertz CT molecular complexity index is 1010. The van der Waals surface area contributed by atoms with Crippen LogP contribution in [-0.4, -0.2) is 40.3 Å². The molecule has 1 aliphatic heterocycles. The van der Waals surface area contributed by atoms with Crippen LogP contribution in [0.25, 0.3) is 0 Å². The molecule has 30 heavy (non-hydrogen) atoms. The Labute approximate surface area is 175 Å². The molecule has 1 saturated heterocycles. The summed E-state index contributed by atoms with van der Waals surface area (Å²) in [6.45, 7) is 0.115. The summed E-state index contributed by atoms with van der Waals surface area (Å²) in [5.41, 5.74) is -0.782. The van der Waals surface area contributed by atoms with Crippen molar-refractivity contribution in [2.24, 2.45) is 0 Å². The first kappa shape index (κ1) is 21.4. The number of carbonyl (C=O) groups is 3. The molecule has 1 atom stereocenters. The Morgan fingerprint density at radius 1 is 1.17 bits per heavy atom. The van der Waals surface area contributed by atoms with E-state index in [4.69, 9.17) is 16.3 Å². The second kappa shape index (κ2) is 9.00. The van der Waals surface area contributed by atoms with Crippen molar-refractivity contribution in [2.75, 3.05) is 6.54 Å². The Balaban J connectivity index is 1.81. The first-order chi connectivity index (χ1) is 14.3. The molecule has 10 heteroatoms. The molecule has 2 aromatic rings. The Morgan fingerprint density at radius 3 is 2.53 bits per heavy atom. The summed E-state index contributed by atoms with van der Waals surface area (Å²) in [6.07, 6.45) is -0.119. The van der Waals surface area contributed by atoms with E-state index in [2.05, 4.69) is 0 Å². The fraction of sp³-hybridized carbons (Fsp3) is 0.250. The van der Waals surface area contributed by atoms with Crippen molar-refractivity contribution in [2.45, 2.75) is 25.4 Å². The molecule has 1 aliphatic rings. The highest BCUT2D eigenvalue weighted by atomic mass is 35.5. The van der Waals surface area contributed by atoms with Crippen LogP contribution in [0.5, 0.6) is 0 Å². The number of esters is 1. The molecule has 0 spiro atoms. The fourth-order valence-electron chi connectivity index (χ4n) is 3.09. The summed E-state index contributed by atoms with van der Waals surface area (Å²) in [7, 11) is 0. The number of likely N-dealkylation sites (tertiary alicyclic amines) is 1. The third kappa shape index (κ3) is 4.62. The molecule has 0 N–H and O–H groups in total. The van der Waals surface area contributed by atoms with Gasteiger partial charge in [-0.1, -0.05) is 11.6 Å². The Kier molecular flexibility index (Phi) is 6.41. The molecular weight excluding hydrogens is 419 g/mol. The minimum atomic E-state index is -1.28. The van der Waals surface area contributed by atoms with Crippen LogP contribution < -0.4 is 0 Å². The van der Waals surface area contributed by atoms with Gasteiger partial charge in [0, 0.05) is 23.2 Å². The van der Waals surface area contributed by atoms with Crippen molar-refractivity contribution < 1.29 is 28.4 Å². The van der Waals surface area contributed by atoms with E-state index in [1.807, 2.05) is 0 Å². The zero-order valence-corrected chi connectivity index (χ0v) is 16.3. The molecule has 1 unspecified atom stereocenters. The van der Waals surface area contributed by atoms with Gasteiger partial charge in [0.1, 0.15) is 11.4 Å². The number of amides is 2. The Hall–Kier alpha value is -3.33. The van der Waals surface area contributed by atoms with Crippen molar-refractivity contribution in [3.63, 3.8) is 0 Å². The number of imide groups is 1. The van der Waals surface area contributed by atoms with Crippen LogP contribution in [0.1, 0.15) is 40.0 Å². The lowest BCUT2D eigenvalue weighted by molar-refractivity contribution is -0.385. The Morgan fingerprint density at radius 2 is 1.87 bits per heavy atom. The van der Waals surface area contributed by atoms with E-state index in [0.717, 1.165) is 29.2 Å². The highest BCUT2D eigenvalue weighted by Crippen LogP contribution is 2.26. The van der Waals surface area contributed by atoms with Crippen LogP contribution in [0, 0.1) is 15.9 Å². The smallest absolute Gasteiger partial charge is 0.345 e. The van der Waals surface area contributed by atoms with Gasteiger partial charge in [-0.05, 0) is 55.7 Å². The van der Waals surface area contributed by atoms with Gasteiger partial charge in [-0.2, -0.15) is 0 Å². The number of hydrogen-bond donors (Lipinski definition) is 0. The molecular formula is C20H16ClFN2O6. The SMILES string of the molecule is O=C(OC1CCCCN(C(=O)c2ccc(F)cc2)C1=O)c1ccc(Cl)cc1[N+](=O)[O-]. The quantitative estimate of drug-likeness (QED) is 0.314. The van der Waals surface area contributed by atoms with Crippen LogP contribution in [0.4, 0.5) is 10.1 Å². The molecule has 1 fully saturated rings. The average Bonchev–Trinajstić information content (AvgIpc) is 2.89. The van der Waals surface area contributed by atoms with Gasteiger partial charge in [-0.25, -0.2) is 9.18 Å². The van der Waals surface area contributed by atoms with Gasteiger partial charge in [0.05, 0.1) is 4.92 Å². The van der Waals surface area contributed by atoms with E-state index in [0.29, 0.717) is 12.8 Å². The number of carbonyl (C=O) groups excluding carboxylic acids is 3. The molecule has 0 aliphatic carbocycles. The van der Waals surface area contributed by atoms with Gasteiger partial charge in [-0.15, -0.1) is 0 Å². The first-order valence-electron chi connectivity index (χ1n) is 9.04. The van der Waals surface area contributed by atoms with Crippen LogP contribution in [0.2, 0.25) is 5.02 Å². The van der Waals surface area contributed by atoms with Crippen molar-refractivity contribution in [1.29, 1.82) is 0 Å². The zero-order valence-electron chi connectivity index (χ0n) is 15.5. The highest BCUT2D eigenvalue weighted by molar-refractivity contribution is 6.31. The molecule has 2 amide bonds. The topological polar surface area (TPSA) is 107 Å². The number of rotatable bonds is 4. The van der Waals surface area contributed by atoms with Crippen LogP contribution >= 0.6 is 11.6 Å². The number of nitro benzene ring substituents is 1. The number of hydrogen-bond acceptors (Lipinski definition) is 6. The van der Waals surface area contributed by atoms with E-state index >= 15 is 0 Å². The second-order valence-corrected chi connectivity index (χ2v) is 7.05. The van der Waals surface area contributed by atoms with Crippen LogP contribution in [0.15, 0.2) is 42.5 Å². The zero-order chi connectivity index (χ0) is 21.8. The maximum Gasteiger partial charge on any atom is 0.345 e. The molecule has 8 nitrogen and oxygen atoms in total. The van der Waals surface area contributed by atoms with E-state index in [9.17, 15) is 28.9 Å². The van der Waals surface area contributed by atoms with Crippen LogP contribution in [0.3, 0.4) is 0 Å². The summed E-state index contributed by atoms with van der Waals surface area (Å²) in [4.78, 5) is 49.5. The van der Waals surface area contributed by atoms with E-state index < -0.39 is 40.3 Å². The predicted octanol–water partition coefficient (Wildman–Crippen LogP) is 3.77. The summed E-state index contributed by atoms with van der Waals surface area (Å²) in [6, 6.07) is 8.18. The molecule has 156 valence electrons. The lowest BCUT2D eigenvalue weighted by atomic mass is 10.1. The number of halogens is 2. The van der Waals surface area contributed by atoms with Gasteiger partial charge in [0.15, 0.2) is 6.10 Å². The van der Waals surface area contributed by atoms with Crippen molar-refractivity contribution in [3.05, 3.63) is 74.5 Å². The van der Waals surface area contributed by atoms with E-state index in [-0.39, 0.29) is 29.1 Å².